The van der Waals surface area contributed by atoms with Gasteiger partial charge in [-0.25, -0.2) is 4.52 Å². The second-order valence-corrected chi connectivity index (χ2v) is 5.71. The van der Waals surface area contributed by atoms with E-state index in [1.807, 2.05) is 30.5 Å². The molecule has 0 saturated carbocycles. The van der Waals surface area contributed by atoms with E-state index >= 15 is 0 Å². The molecule has 0 saturated heterocycles. The van der Waals surface area contributed by atoms with Crippen LogP contribution in [0.15, 0.2) is 34.1 Å². The van der Waals surface area contributed by atoms with E-state index in [1.54, 1.807) is 10.6 Å². The largest absolute Gasteiger partial charge is 0.288 e. The third kappa shape index (κ3) is 2.26. The van der Waals surface area contributed by atoms with Crippen LogP contribution in [0.4, 0.5) is 5.95 Å². The lowest BCUT2D eigenvalue weighted by Crippen LogP contribution is -2.11. The Morgan fingerprint density at radius 2 is 2.26 bits per heavy atom. The van der Waals surface area contributed by atoms with Crippen molar-refractivity contribution >= 4 is 44.8 Å². The van der Waals surface area contributed by atoms with Crippen LogP contribution in [-0.2, 0) is 0 Å². The van der Waals surface area contributed by atoms with Crippen LogP contribution in [0, 0.1) is 6.92 Å². The highest BCUT2D eigenvalue weighted by Gasteiger charge is 2.12. The number of aryl methyl sites for hydroxylation is 1. The Bertz CT molecular complexity index is 751. The average Bonchev–Trinajstić information content (AvgIpc) is 3.02. The van der Waals surface area contributed by atoms with Crippen LogP contribution in [-0.4, -0.2) is 20.5 Å². The van der Waals surface area contributed by atoms with Gasteiger partial charge >= 0.3 is 0 Å². The molecule has 19 heavy (non-hydrogen) atoms. The van der Waals surface area contributed by atoms with Gasteiger partial charge < -0.3 is 0 Å². The molecule has 3 heterocycles. The predicted molar refractivity (Wildman–Crippen MR) is 77.7 cm³/mol. The number of aromatic nitrogens is 3. The smallest absolute Gasteiger partial charge is 0.268 e. The third-order valence-electron chi connectivity index (χ3n) is 2.64. The molecule has 0 aliphatic carbocycles. The summed E-state index contributed by atoms with van der Waals surface area (Å²) < 4.78 is 2.63. The summed E-state index contributed by atoms with van der Waals surface area (Å²) in [5, 5.41) is 8.82. The minimum absolute atomic E-state index is 0.192. The predicted octanol–water partition coefficient (Wildman–Crippen LogP) is 3.11. The van der Waals surface area contributed by atoms with Gasteiger partial charge in [0, 0.05) is 4.47 Å². The zero-order valence-corrected chi connectivity index (χ0v) is 12.3. The Balaban J connectivity index is 1.94. The zero-order valence-electron chi connectivity index (χ0n) is 9.92. The lowest BCUT2D eigenvalue weighted by molar-refractivity contribution is 0.102. The molecule has 1 amide bonds. The molecule has 3 aromatic rings. The Morgan fingerprint density at radius 1 is 1.42 bits per heavy atom. The Hall–Kier alpha value is -1.73. The summed E-state index contributed by atoms with van der Waals surface area (Å²) in [6.45, 7) is 1.93. The summed E-state index contributed by atoms with van der Waals surface area (Å²) in [7, 11) is 0. The summed E-state index contributed by atoms with van der Waals surface area (Å²) in [5.41, 5.74) is 1.63. The van der Waals surface area contributed by atoms with E-state index < -0.39 is 0 Å². The number of hydrogen-bond donors (Lipinski definition) is 1. The Labute approximate surface area is 121 Å². The molecule has 96 valence electrons. The Morgan fingerprint density at radius 3 is 3.00 bits per heavy atom. The van der Waals surface area contributed by atoms with Crippen LogP contribution < -0.4 is 5.32 Å². The Kier molecular flexibility index (Phi) is 3.08. The van der Waals surface area contributed by atoms with Gasteiger partial charge in [-0.1, -0.05) is 6.07 Å². The molecule has 3 rings (SSSR count). The van der Waals surface area contributed by atoms with Gasteiger partial charge in [0.2, 0.25) is 5.95 Å². The quantitative estimate of drug-likeness (QED) is 0.782. The third-order valence-corrected chi connectivity index (χ3v) is 4.35. The number of fused-ring (bicyclic) bond motifs is 1. The maximum Gasteiger partial charge on any atom is 0.268 e. The topological polar surface area (TPSA) is 59.3 Å². The number of nitrogens with one attached hydrogen (secondary N) is 1. The highest BCUT2D eigenvalue weighted by Crippen LogP contribution is 2.18. The van der Waals surface area contributed by atoms with E-state index in [0.717, 1.165) is 10.2 Å². The van der Waals surface area contributed by atoms with Crippen LogP contribution in [0.5, 0.6) is 0 Å². The van der Waals surface area contributed by atoms with Gasteiger partial charge in [0.05, 0.1) is 10.6 Å². The molecule has 0 atom stereocenters. The van der Waals surface area contributed by atoms with Gasteiger partial charge in [-0.3, -0.25) is 10.1 Å². The van der Waals surface area contributed by atoms with Gasteiger partial charge in [-0.2, -0.15) is 4.98 Å². The van der Waals surface area contributed by atoms with E-state index in [9.17, 15) is 4.79 Å². The molecule has 1 N–H and O–H groups in total. The van der Waals surface area contributed by atoms with Crippen LogP contribution in [0.1, 0.15) is 15.4 Å². The van der Waals surface area contributed by atoms with Crippen LogP contribution in [0.25, 0.3) is 5.65 Å². The fourth-order valence-corrected chi connectivity index (χ4v) is 2.59. The highest BCUT2D eigenvalue weighted by molar-refractivity contribution is 9.10. The van der Waals surface area contributed by atoms with Gasteiger partial charge in [0.15, 0.2) is 5.65 Å². The molecule has 0 bridgehead atoms. The van der Waals surface area contributed by atoms with E-state index in [0.29, 0.717) is 16.5 Å². The number of nitrogens with zero attached hydrogens (tertiary/aromatic N) is 3. The molecule has 7 heteroatoms. The van der Waals surface area contributed by atoms with Crippen molar-refractivity contribution in [2.24, 2.45) is 0 Å². The van der Waals surface area contributed by atoms with E-state index in [4.69, 9.17) is 0 Å². The molecule has 0 radical (unpaired) electrons. The summed E-state index contributed by atoms with van der Waals surface area (Å²) in [6.07, 6.45) is 0. The van der Waals surface area contributed by atoms with Crippen LogP contribution in [0.3, 0.4) is 0 Å². The summed E-state index contributed by atoms with van der Waals surface area (Å²) in [6, 6.07) is 7.34. The maximum atomic E-state index is 11.9. The lowest BCUT2D eigenvalue weighted by atomic mass is 10.4. The highest BCUT2D eigenvalue weighted by atomic mass is 79.9. The molecule has 0 aliphatic heterocycles. The van der Waals surface area contributed by atoms with Crippen molar-refractivity contribution < 1.29 is 4.79 Å². The van der Waals surface area contributed by atoms with Crippen LogP contribution >= 0.6 is 27.3 Å². The minimum atomic E-state index is -0.192. The number of halogens is 1. The number of hydrogen-bond acceptors (Lipinski definition) is 4. The molecule has 3 aromatic heterocycles. The summed E-state index contributed by atoms with van der Waals surface area (Å²) >= 11 is 4.81. The van der Waals surface area contributed by atoms with Crippen molar-refractivity contribution in [1.29, 1.82) is 0 Å². The first kappa shape index (κ1) is 12.3. The number of carbonyl (C=O) groups is 1. The molecule has 0 fully saturated rings. The normalized spacial score (nSPS) is 10.8. The van der Waals surface area contributed by atoms with Crippen molar-refractivity contribution in [3.05, 3.63) is 44.7 Å². The lowest BCUT2D eigenvalue weighted by Gasteiger charge is -1.99. The first-order chi connectivity index (χ1) is 9.15. The summed E-state index contributed by atoms with van der Waals surface area (Å²) in [5.74, 6) is 0.113. The van der Waals surface area contributed by atoms with Crippen molar-refractivity contribution in [3.63, 3.8) is 0 Å². The van der Waals surface area contributed by atoms with Crippen molar-refractivity contribution in [1.82, 2.24) is 14.6 Å². The number of rotatable bonds is 2. The summed E-state index contributed by atoms with van der Waals surface area (Å²) in [4.78, 5) is 16.8. The van der Waals surface area contributed by atoms with Crippen molar-refractivity contribution in [2.75, 3.05) is 5.32 Å². The van der Waals surface area contributed by atoms with Gasteiger partial charge in [0.25, 0.3) is 5.91 Å². The zero-order chi connectivity index (χ0) is 13.4. The number of thiophene rings is 1. The number of carbonyl (C=O) groups excluding carboxylic acids is 1. The van der Waals surface area contributed by atoms with Gasteiger partial charge in [-0.05, 0) is 46.4 Å². The number of amides is 1. The monoisotopic (exact) mass is 336 g/mol. The van der Waals surface area contributed by atoms with Gasteiger partial charge in [-0.15, -0.1) is 16.4 Å². The molecule has 0 aromatic carbocycles. The second kappa shape index (κ2) is 4.75. The molecular formula is C12H9BrN4OS. The maximum absolute atomic E-state index is 11.9. The standard InChI is InChI=1S/C12H9BrN4OS/c1-7-8(13)4-5-10-14-12(16-17(7)10)15-11(18)9-3-2-6-19-9/h2-6H,1H3,(H,15,16,18). The number of pyridine rings is 1. The molecule has 0 aliphatic rings. The fourth-order valence-electron chi connectivity index (χ4n) is 1.67. The average molecular weight is 337 g/mol. The fraction of sp³-hybridized carbons (Fsp3) is 0.0833. The number of anilines is 1. The van der Waals surface area contributed by atoms with Crippen LogP contribution in [0.2, 0.25) is 0 Å². The van der Waals surface area contributed by atoms with E-state index in [1.165, 1.54) is 11.3 Å². The first-order valence-electron chi connectivity index (χ1n) is 5.52. The van der Waals surface area contributed by atoms with Crippen molar-refractivity contribution in [2.45, 2.75) is 6.92 Å². The molecule has 0 spiro atoms. The first-order valence-corrected chi connectivity index (χ1v) is 7.19. The van der Waals surface area contributed by atoms with E-state index in [-0.39, 0.29) is 5.91 Å². The molecule has 5 nitrogen and oxygen atoms in total. The molecule has 0 unspecified atom stereocenters. The minimum Gasteiger partial charge on any atom is -0.288 e. The SMILES string of the molecule is Cc1c(Br)ccc2nc(NC(=O)c3cccs3)nn12. The van der Waals surface area contributed by atoms with E-state index in [2.05, 4.69) is 31.3 Å². The molecular weight excluding hydrogens is 328 g/mol. The van der Waals surface area contributed by atoms with Gasteiger partial charge in [0.1, 0.15) is 0 Å². The van der Waals surface area contributed by atoms with Crippen molar-refractivity contribution in [3.8, 4) is 0 Å². The second-order valence-electron chi connectivity index (χ2n) is 3.90.